The maximum absolute atomic E-state index is 6.06. The molecule has 5 nitrogen and oxygen atoms in total. The van der Waals surface area contributed by atoms with Gasteiger partial charge >= 0.3 is 0 Å². The lowest BCUT2D eigenvalue weighted by molar-refractivity contribution is 0.415. The molecule has 96 valence electrons. The first-order valence-corrected chi connectivity index (χ1v) is 6.85. The van der Waals surface area contributed by atoms with Crippen LogP contribution < -0.4 is 4.74 Å². The first-order valence-electron chi connectivity index (χ1n) is 5.39. The molecule has 0 spiro atoms. The van der Waals surface area contributed by atoms with Gasteiger partial charge in [0.05, 0.1) is 7.11 Å². The van der Waals surface area contributed by atoms with E-state index in [0.717, 1.165) is 11.4 Å². The topological polar surface area (TPSA) is 52.8 Å². The second-order valence-electron chi connectivity index (χ2n) is 3.77. The molecule has 0 unspecified atom stereocenters. The van der Waals surface area contributed by atoms with Crippen molar-refractivity contribution in [2.45, 2.75) is 0 Å². The van der Waals surface area contributed by atoms with E-state index in [4.69, 9.17) is 16.3 Å². The van der Waals surface area contributed by atoms with Gasteiger partial charge < -0.3 is 4.74 Å². The Kier molecular flexibility index (Phi) is 3.28. The largest absolute Gasteiger partial charge is 0.497 e. The number of aromatic nitrogens is 4. The van der Waals surface area contributed by atoms with Gasteiger partial charge in [-0.25, -0.2) is 15.0 Å². The molecule has 3 rings (SSSR count). The van der Waals surface area contributed by atoms with Crippen LogP contribution in [0.25, 0.3) is 16.9 Å². The molecule has 2 heterocycles. The average molecular weight is 387 g/mol. The zero-order valence-electron chi connectivity index (χ0n) is 9.84. The zero-order valence-corrected chi connectivity index (χ0v) is 12.8. The van der Waals surface area contributed by atoms with Gasteiger partial charge in [0.2, 0.25) is 0 Å². The summed E-state index contributed by atoms with van der Waals surface area (Å²) in [6.07, 6.45) is 1.68. The number of ether oxygens (including phenoxy) is 1. The first kappa shape index (κ1) is 12.6. The molecule has 0 saturated heterocycles. The lowest BCUT2D eigenvalue weighted by Crippen LogP contribution is -1.97. The molecule has 0 aliphatic carbocycles. The second-order valence-corrected chi connectivity index (χ2v) is 5.09. The smallest absolute Gasteiger partial charge is 0.194 e. The molecule has 1 aromatic carbocycles. The highest BCUT2D eigenvalue weighted by Crippen LogP contribution is 2.23. The number of fused-ring (bicyclic) bond motifs is 1. The van der Waals surface area contributed by atoms with E-state index in [1.54, 1.807) is 13.4 Å². The molecule has 0 bridgehead atoms. The predicted octanol–water partition coefficient (Wildman–Crippen LogP) is 3.08. The fourth-order valence-corrected chi connectivity index (χ4v) is 2.60. The van der Waals surface area contributed by atoms with Gasteiger partial charge in [0.1, 0.15) is 17.6 Å². The van der Waals surface area contributed by atoms with Gasteiger partial charge in [-0.15, -0.1) is 0 Å². The van der Waals surface area contributed by atoms with Crippen LogP contribution in [0.1, 0.15) is 0 Å². The lowest BCUT2D eigenvalue weighted by Gasteiger charge is -2.05. The van der Waals surface area contributed by atoms with Gasteiger partial charge in [-0.2, -0.15) is 0 Å². The number of rotatable bonds is 2. The van der Waals surface area contributed by atoms with E-state index in [9.17, 15) is 0 Å². The highest BCUT2D eigenvalue weighted by molar-refractivity contribution is 14.1. The van der Waals surface area contributed by atoms with Gasteiger partial charge in [-0.05, 0) is 24.3 Å². The molecule has 0 radical (unpaired) electrons. The molecule has 0 aliphatic rings. The molecule has 19 heavy (non-hydrogen) atoms. The Bertz CT molecular complexity index is 741. The normalized spacial score (nSPS) is 10.9. The molecule has 0 N–H and O–H groups in total. The number of imidazole rings is 1. The third-order valence-electron chi connectivity index (χ3n) is 2.68. The number of methoxy groups -OCH3 is 1. The SMILES string of the molecule is COc1ccc(-n2cnc3c(Cl)nc(I)nc32)cc1. The molecule has 0 fully saturated rings. The standard InChI is InChI=1S/C12H8ClIN4O/c1-19-8-4-2-7(3-5-8)18-6-15-9-10(13)16-12(14)17-11(9)18/h2-6H,1H3. The van der Waals surface area contributed by atoms with Crippen LogP contribution in [0.5, 0.6) is 5.75 Å². The van der Waals surface area contributed by atoms with Crippen molar-refractivity contribution in [1.29, 1.82) is 0 Å². The quantitative estimate of drug-likeness (QED) is 0.386. The number of hydrogen-bond acceptors (Lipinski definition) is 4. The van der Waals surface area contributed by atoms with Crippen molar-refractivity contribution < 1.29 is 4.74 Å². The first-order chi connectivity index (χ1) is 9.19. The summed E-state index contributed by atoms with van der Waals surface area (Å²) in [4.78, 5) is 12.7. The Hall–Kier alpha value is -1.41. The number of nitrogens with zero attached hydrogens (tertiary/aromatic N) is 4. The Morgan fingerprint density at radius 2 is 1.95 bits per heavy atom. The number of hydrogen-bond donors (Lipinski definition) is 0. The fourth-order valence-electron chi connectivity index (χ4n) is 1.77. The summed E-state index contributed by atoms with van der Waals surface area (Å²) in [5.74, 6) is 0.801. The summed E-state index contributed by atoms with van der Waals surface area (Å²) in [6, 6.07) is 7.63. The summed E-state index contributed by atoms with van der Waals surface area (Å²) in [7, 11) is 1.64. The zero-order chi connectivity index (χ0) is 13.4. The van der Waals surface area contributed by atoms with Crippen molar-refractivity contribution in [3.05, 3.63) is 39.6 Å². The summed E-state index contributed by atoms with van der Waals surface area (Å²) in [6.45, 7) is 0. The van der Waals surface area contributed by atoms with Crippen LogP contribution in [0, 0.1) is 3.83 Å². The second kappa shape index (κ2) is 4.93. The summed E-state index contributed by atoms with van der Waals surface area (Å²) < 4.78 is 7.59. The highest BCUT2D eigenvalue weighted by Gasteiger charge is 2.11. The van der Waals surface area contributed by atoms with Crippen molar-refractivity contribution in [3.8, 4) is 11.4 Å². The summed E-state index contributed by atoms with van der Waals surface area (Å²) >= 11 is 8.09. The fraction of sp³-hybridized carbons (Fsp3) is 0.0833. The van der Waals surface area contributed by atoms with Gasteiger partial charge in [0.15, 0.2) is 14.6 Å². The summed E-state index contributed by atoms with van der Waals surface area (Å²) in [5, 5.41) is 0.363. The van der Waals surface area contributed by atoms with Gasteiger partial charge in [0, 0.05) is 28.3 Å². The molecule has 0 atom stereocenters. The van der Waals surface area contributed by atoms with Crippen LogP contribution in [0.3, 0.4) is 0 Å². The van der Waals surface area contributed by atoms with Crippen LogP contribution in [-0.4, -0.2) is 26.6 Å². The Morgan fingerprint density at radius 1 is 1.21 bits per heavy atom. The predicted molar refractivity (Wildman–Crippen MR) is 80.9 cm³/mol. The molecule has 0 amide bonds. The summed E-state index contributed by atoms with van der Waals surface area (Å²) in [5.41, 5.74) is 2.22. The van der Waals surface area contributed by atoms with Crippen LogP contribution in [0.4, 0.5) is 0 Å². The van der Waals surface area contributed by atoms with Gasteiger partial charge in [-0.3, -0.25) is 4.57 Å². The van der Waals surface area contributed by atoms with Crippen molar-refractivity contribution >= 4 is 45.4 Å². The van der Waals surface area contributed by atoms with Gasteiger partial charge in [0.25, 0.3) is 0 Å². The van der Waals surface area contributed by atoms with Crippen LogP contribution in [-0.2, 0) is 0 Å². The van der Waals surface area contributed by atoms with E-state index in [2.05, 4.69) is 15.0 Å². The maximum atomic E-state index is 6.06. The van der Waals surface area contributed by atoms with E-state index < -0.39 is 0 Å². The van der Waals surface area contributed by atoms with E-state index >= 15 is 0 Å². The molecule has 0 saturated carbocycles. The minimum Gasteiger partial charge on any atom is -0.497 e. The minimum atomic E-state index is 0.363. The third kappa shape index (κ3) is 2.25. The molecule has 7 heteroatoms. The minimum absolute atomic E-state index is 0.363. The van der Waals surface area contributed by atoms with Crippen molar-refractivity contribution in [2.75, 3.05) is 7.11 Å². The van der Waals surface area contributed by atoms with E-state index in [1.165, 1.54) is 0 Å². The van der Waals surface area contributed by atoms with E-state index in [1.807, 2.05) is 51.4 Å². The van der Waals surface area contributed by atoms with Crippen LogP contribution in [0.15, 0.2) is 30.6 Å². The molecule has 0 aliphatic heterocycles. The van der Waals surface area contributed by atoms with Crippen LogP contribution in [0.2, 0.25) is 5.15 Å². The van der Waals surface area contributed by atoms with Crippen molar-refractivity contribution in [3.63, 3.8) is 0 Å². The average Bonchev–Trinajstić information content (AvgIpc) is 2.83. The molecular formula is C12H8ClIN4O. The monoisotopic (exact) mass is 386 g/mol. The lowest BCUT2D eigenvalue weighted by atomic mass is 10.3. The van der Waals surface area contributed by atoms with Gasteiger partial charge in [-0.1, -0.05) is 11.6 Å². The van der Waals surface area contributed by atoms with E-state index in [0.29, 0.717) is 20.1 Å². The highest BCUT2D eigenvalue weighted by atomic mass is 127. The maximum Gasteiger partial charge on any atom is 0.194 e. The molecular weight excluding hydrogens is 379 g/mol. The van der Waals surface area contributed by atoms with Crippen molar-refractivity contribution in [1.82, 2.24) is 19.5 Å². The van der Waals surface area contributed by atoms with Crippen molar-refractivity contribution in [2.24, 2.45) is 0 Å². The van der Waals surface area contributed by atoms with Crippen LogP contribution >= 0.6 is 34.2 Å². The Labute approximate surface area is 127 Å². The van der Waals surface area contributed by atoms with E-state index in [-0.39, 0.29) is 0 Å². The Balaban J connectivity index is 2.19. The third-order valence-corrected chi connectivity index (χ3v) is 3.42. The number of benzene rings is 1. The Morgan fingerprint density at radius 3 is 2.63 bits per heavy atom. The molecule has 2 aromatic heterocycles. The number of halogens is 2. The molecule has 3 aromatic rings.